The van der Waals surface area contributed by atoms with Crippen LogP contribution >= 0.6 is 0 Å². The second kappa shape index (κ2) is 6.88. The average molecular weight is 249 g/mol. The van der Waals surface area contributed by atoms with E-state index in [2.05, 4.69) is 12.2 Å². The lowest BCUT2D eigenvalue weighted by Gasteiger charge is -2.14. The summed E-state index contributed by atoms with van der Waals surface area (Å²) in [4.78, 5) is 0. The number of aryl methyl sites for hydroxylation is 1. The van der Waals surface area contributed by atoms with Gasteiger partial charge in [0.15, 0.2) is 0 Å². The highest BCUT2D eigenvalue weighted by Crippen LogP contribution is 2.16. The molecule has 1 aliphatic rings. The van der Waals surface area contributed by atoms with Crippen LogP contribution < -0.4 is 5.32 Å². The van der Waals surface area contributed by atoms with E-state index in [1.54, 1.807) is 0 Å². The van der Waals surface area contributed by atoms with Crippen molar-refractivity contribution in [1.82, 2.24) is 5.32 Å². The Bertz CT molecular complexity index is 344. The van der Waals surface area contributed by atoms with Crippen molar-refractivity contribution < 1.29 is 9.84 Å². The maximum Gasteiger partial charge on any atom is 0.0802 e. The third-order valence-corrected chi connectivity index (χ3v) is 3.45. The van der Waals surface area contributed by atoms with Gasteiger partial charge in [0, 0.05) is 13.2 Å². The highest BCUT2D eigenvalue weighted by molar-refractivity contribution is 5.22. The third kappa shape index (κ3) is 4.09. The summed E-state index contributed by atoms with van der Waals surface area (Å²) in [6.07, 6.45) is 3.09. The summed E-state index contributed by atoms with van der Waals surface area (Å²) < 4.78 is 5.53. The smallest absolute Gasteiger partial charge is 0.0802 e. The third-order valence-electron chi connectivity index (χ3n) is 3.45. The molecule has 3 heteroatoms. The van der Waals surface area contributed by atoms with Crippen LogP contribution in [0, 0.1) is 6.92 Å². The predicted octanol–water partition coefficient (Wildman–Crippen LogP) is 2.19. The molecule has 0 spiro atoms. The fraction of sp³-hybridized carbons (Fsp3) is 0.600. The Labute approximate surface area is 109 Å². The van der Waals surface area contributed by atoms with Crippen LogP contribution in [0.1, 0.15) is 36.5 Å². The number of nitrogens with one attached hydrogen (secondary N) is 1. The lowest BCUT2D eigenvalue weighted by Crippen LogP contribution is -2.27. The molecule has 1 fully saturated rings. The minimum atomic E-state index is -0.373. The van der Waals surface area contributed by atoms with Gasteiger partial charge in [0.05, 0.1) is 12.2 Å². The van der Waals surface area contributed by atoms with Gasteiger partial charge < -0.3 is 15.2 Å². The summed E-state index contributed by atoms with van der Waals surface area (Å²) >= 11 is 0. The first-order valence-corrected chi connectivity index (χ1v) is 6.82. The number of aliphatic hydroxyl groups is 1. The second-order valence-electron chi connectivity index (χ2n) is 5.05. The fourth-order valence-electron chi connectivity index (χ4n) is 2.26. The van der Waals surface area contributed by atoms with Gasteiger partial charge in [-0.1, -0.05) is 29.8 Å². The van der Waals surface area contributed by atoms with E-state index in [4.69, 9.17) is 4.74 Å². The number of ether oxygens (including phenoxy) is 1. The van der Waals surface area contributed by atoms with E-state index >= 15 is 0 Å². The molecule has 2 N–H and O–H groups in total. The molecular weight excluding hydrogens is 226 g/mol. The Morgan fingerprint density at radius 2 is 2.17 bits per heavy atom. The van der Waals surface area contributed by atoms with Gasteiger partial charge in [0.2, 0.25) is 0 Å². The van der Waals surface area contributed by atoms with Crippen molar-refractivity contribution in [2.45, 2.75) is 38.4 Å². The summed E-state index contributed by atoms with van der Waals surface area (Å²) in [5, 5.41) is 13.4. The van der Waals surface area contributed by atoms with Gasteiger partial charge in [0.1, 0.15) is 0 Å². The first kappa shape index (κ1) is 13.5. The minimum Gasteiger partial charge on any atom is -0.388 e. The Morgan fingerprint density at radius 3 is 2.83 bits per heavy atom. The molecule has 2 unspecified atom stereocenters. The van der Waals surface area contributed by atoms with Crippen molar-refractivity contribution in [2.75, 3.05) is 19.7 Å². The molecule has 100 valence electrons. The van der Waals surface area contributed by atoms with Crippen LogP contribution in [0.15, 0.2) is 24.3 Å². The number of hydrogen-bond acceptors (Lipinski definition) is 3. The van der Waals surface area contributed by atoms with Crippen molar-refractivity contribution in [3.05, 3.63) is 35.4 Å². The molecule has 2 atom stereocenters. The summed E-state index contributed by atoms with van der Waals surface area (Å²) in [5.41, 5.74) is 2.22. The van der Waals surface area contributed by atoms with Crippen molar-refractivity contribution in [3.8, 4) is 0 Å². The molecule has 0 bridgehead atoms. The zero-order valence-corrected chi connectivity index (χ0v) is 11.1. The number of hydrogen-bond donors (Lipinski definition) is 2. The topological polar surface area (TPSA) is 41.5 Å². The Morgan fingerprint density at radius 1 is 1.39 bits per heavy atom. The Kier molecular flexibility index (Phi) is 5.17. The van der Waals surface area contributed by atoms with Crippen LogP contribution in [0.5, 0.6) is 0 Å². The molecule has 2 rings (SSSR count). The fourth-order valence-corrected chi connectivity index (χ4v) is 2.26. The van der Waals surface area contributed by atoms with E-state index < -0.39 is 0 Å². The summed E-state index contributed by atoms with van der Waals surface area (Å²) in [6, 6.07) is 8.08. The zero-order chi connectivity index (χ0) is 12.8. The van der Waals surface area contributed by atoms with Gasteiger partial charge in [-0.25, -0.2) is 0 Å². The second-order valence-corrected chi connectivity index (χ2v) is 5.05. The molecule has 0 aliphatic carbocycles. The normalized spacial score (nSPS) is 21.1. The molecule has 1 aliphatic heterocycles. The highest BCUT2D eigenvalue weighted by Gasteiger charge is 2.14. The predicted molar refractivity (Wildman–Crippen MR) is 72.6 cm³/mol. The zero-order valence-electron chi connectivity index (χ0n) is 11.1. The summed E-state index contributed by atoms with van der Waals surface area (Å²) in [7, 11) is 0. The van der Waals surface area contributed by atoms with Gasteiger partial charge in [-0.3, -0.25) is 0 Å². The lowest BCUT2D eigenvalue weighted by atomic mass is 10.1. The maximum absolute atomic E-state index is 10.0. The van der Waals surface area contributed by atoms with E-state index in [-0.39, 0.29) is 6.10 Å². The molecule has 1 aromatic rings. The quantitative estimate of drug-likeness (QED) is 0.759. The first-order chi connectivity index (χ1) is 8.75. The largest absolute Gasteiger partial charge is 0.388 e. The van der Waals surface area contributed by atoms with Crippen LogP contribution in [0.2, 0.25) is 0 Å². The maximum atomic E-state index is 10.0. The lowest BCUT2D eigenvalue weighted by molar-refractivity contribution is 0.107. The minimum absolute atomic E-state index is 0.373. The first-order valence-electron chi connectivity index (χ1n) is 6.82. The van der Waals surface area contributed by atoms with Crippen LogP contribution in [-0.4, -0.2) is 30.9 Å². The SMILES string of the molecule is Cc1ccc(C(O)CCNCC2CCCO2)cc1. The Hall–Kier alpha value is -0.900. The molecule has 0 aromatic heterocycles. The van der Waals surface area contributed by atoms with Crippen molar-refractivity contribution in [2.24, 2.45) is 0 Å². The van der Waals surface area contributed by atoms with E-state index in [1.807, 2.05) is 24.3 Å². The molecule has 0 saturated carbocycles. The van der Waals surface area contributed by atoms with E-state index in [9.17, 15) is 5.11 Å². The van der Waals surface area contributed by atoms with Crippen LogP contribution in [0.3, 0.4) is 0 Å². The molecule has 1 saturated heterocycles. The van der Waals surface area contributed by atoms with Crippen molar-refractivity contribution in [3.63, 3.8) is 0 Å². The van der Waals surface area contributed by atoms with E-state index in [1.165, 1.54) is 12.0 Å². The molecule has 0 amide bonds. The van der Waals surface area contributed by atoms with Crippen LogP contribution in [0.25, 0.3) is 0 Å². The molecule has 18 heavy (non-hydrogen) atoms. The molecule has 1 aromatic carbocycles. The van der Waals surface area contributed by atoms with Crippen LogP contribution in [-0.2, 0) is 4.74 Å². The highest BCUT2D eigenvalue weighted by atomic mass is 16.5. The van der Waals surface area contributed by atoms with E-state index in [0.29, 0.717) is 6.10 Å². The summed E-state index contributed by atoms with van der Waals surface area (Å²) in [5.74, 6) is 0. The van der Waals surface area contributed by atoms with Gasteiger partial charge in [-0.05, 0) is 38.3 Å². The molecule has 1 heterocycles. The standard InChI is InChI=1S/C15H23NO2/c1-12-4-6-13(7-5-12)15(17)8-9-16-11-14-3-2-10-18-14/h4-7,14-17H,2-3,8-11H2,1H3. The Balaban J connectivity index is 1.64. The van der Waals surface area contributed by atoms with Gasteiger partial charge in [-0.2, -0.15) is 0 Å². The van der Waals surface area contributed by atoms with Crippen molar-refractivity contribution in [1.29, 1.82) is 0 Å². The van der Waals surface area contributed by atoms with Gasteiger partial charge in [-0.15, -0.1) is 0 Å². The number of aliphatic hydroxyl groups excluding tert-OH is 1. The molecule has 3 nitrogen and oxygen atoms in total. The number of benzene rings is 1. The van der Waals surface area contributed by atoms with Gasteiger partial charge in [0.25, 0.3) is 0 Å². The monoisotopic (exact) mass is 249 g/mol. The van der Waals surface area contributed by atoms with Gasteiger partial charge >= 0.3 is 0 Å². The summed E-state index contributed by atoms with van der Waals surface area (Å²) in [6.45, 7) is 4.69. The van der Waals surface area contributed by atoms with Crippen molar-refractivity contribution >= 4 is 0 Å². The average Bonchev–Trinajstić information content (AvgIpc) is 2.88. The van der Waals surface area contributed by atoms with E-state index in [0.717, 1.165) is 38.1 Å². The molecule has 0 radical (unpaired) electrons. The molecular formula is C15H23NO2. The number of rotatable bonds is 6. The van der Waals surface area contributed by atoms with Crippen LogP contribution in [0.4, 0.5) is 0 Å².